The number of nitrogens with zero attached hydrogens (tertiary/aromatic N) is 1. The quantitative estimate of drug-likeness (QED) is 0.336. The molecule has 0 radical (unpaired) electrons. The van der Waals surface area contributed by atoms with Gasteiger partial charge in [0.2, 0.25) is 0 Å². The van der Waals surface area contributed by atoms with Crippen LogP contribution in [0.5, 0.6) is 0 Å². The average molecular weight is 329 g/mol. The summed E-state index contributed by atoms with van der Waals surface area (Å²) in [7, 11) is 0. The molecule has 1 aliphatic rings. The Bertz CT molecular complexity index is 605. The van der Waals surface area contributed by atoms with Crippen LogP contribution in [-0.2, 0) is 6.42 Å². The van der Waals surface area contributed by atoms with Crippen molar-refractivity contribution >= 4 is 0 Å². The van der Waals surface area contributed by atoms with Crippen LogP contribution in [0.2, 0.25) is 0 Å². The molecule has 0 saturated heterocycles. The average Bonchev–Trinajstić information content (AvgIpc) is 2.60. The van der Waals surface area contributed by atoms with E-state index < -0.39 is 11.6 Å². The van der Waals surface area contributed by atoms with Crippen LogP contribution in [0.25, 0.3) is 0 Å². The molecule has 0 bridgehead atoms. The second-order valence-electron chi connectivity index (χ2n) is 6.65. The van der Waals surface area contributed by atoms with Crippen LogP contribution in [0.15, 0.2) is 42.5 Å². The van der Waals surface area contributed by atoms with Gasteiger partial charge in [0.15, 0.2) is 11.6 Å². The topological polar surface area (TPSA) is 23.8 Å². The summed E-state index contributed by atoms with van der Waals surface area (Å²) in [5.74, 6) is -0.0720. The summed E-state index contributed by atoms with van der Waals surface area (Å²) in [6, 6.07) is 6.19. The van der Waals surface area contributed by atoms with Gasteiger partial charge in [-0.1, -0.05) is 37.1 Å². The molecule has 1 aromatic rings. The Morgan fingerprint density at radius 3 is 2.54 bits per heavy atom. The van der Waals surface area contributed by atoms with Gasteiger partial charge in [-0.15, -0.1) is 0 Å². The smallest absolute Gasteiger partial charge is 0.159 e. The molecule has 0 aliphatic heterocycles. The third-order valence-electron chi connectivity index (χ3n) is 4.87. The fourth-order valence-corrected chi connectivity index (χ4v) is 3.45. The zero-order chi connectivity index (χ0) is 17.2. The minimum Gasteiger partial charge on any atom is -0.204 e. The lowest BCUT2D eigenvalue weighted by Gasteiger charge is -2.26. The molecule has 1 saturated carbocycles. The number of nitriles is 1. The highest BCUT2D eigenvalue weighted by Gasteiger charge is 2.18. The van der Waals surface area contributed by atoms with Gasteiger partial charge in [-0.3, -0.25) is 0 Å². The number of rotatable bonds is 7. The molecule has 0 spiro atoms. The van der Waals surface area contributed by atoms with E-state index in [0.717, 1.165) is 30.7 Å². The summed E-state index contributed by atoms with van der Waals surface area (Å²) < 4.78 is 26.0. The summed E-state index contributed by atoms with van der Waals surface area (Å²) in [5, 5.41) is 8.43. The normalized spacial score (nSPS) is 21.4. The van der Waals surface area contributed by atoms with Crippen LogP contribution in [-0.4, -0.2) is 0 Å². The number of hydrogen-bond acceptors (Lipinski definition) is 1. The number of benzene rings is 1. The van der Waals surface area contributed by atoms with Crippen LogP contribution in [0.4, 0.5) is 8.78 Å². The zero-order valence-electron chi connectivity index (χ0n) is 14.1. The first-order valence-corrected chi connectivity index (χ1v) is 8.86. The van der Waals surface area contributed by atoms with E-state index in [4.69, 9.17) is 5.26 Å². The predicted octanol–water partition coefficient (Wildman–Crippen LogP) is 6.12. The molecule has 0 amide bonds. The molecule has 1 aliphatic carbocycles. The highest BCUT2D eigenvalue weighted by molar-refractivity contribution is 5.17. The number of halogens is 2. The Hall–Kier alpha value is -1.95. The first kappa shape index (κ1) is 18.4. The number of hydrogen-bond donors (Lipinski definition) is 0. The summed E-state index contributed by atoms with van der Waals surface area (Å²) in [6.07, 6.45) is 16.7. The molecule has 0 aromatic heterocycles. The molecular formula is C21H25F2N. The van der Waals surface area contributed by atoms with Gasteiger partial charge < -0.3 is 0 Å². The van der Waals surface area contributed by atoms with Gasteiger partial charge in [0.05, 0.1) is 6.07 Å². The van der Waals surface area contributed by atoms with Crippen LogP contribution in [0.1, 0.15) is 50.5 Å². The molecule has 0 heterocycles. The third kappa shape index (κ3) is 6.28. The van der Waals surface area contributed by atoms with Crippen molar-refractivity contribution in [2.45, 2.75) is 51.4 Å². The van der Waals surface area contributed by atoms with E-state index in [2.05, 4.69) is 6.08 Å². The van der Waals surface area contributed by atoms with Gasteiger partial charge in [-0.2, -0.15) is 5.26 Å². The molecule has 1 nitrogen and oxygen atoms in total. The Kier molecular flexibility index (Phi) is 7.68. The molecule has 0 unspecified atom stereocenters. The van der Waals surface area contributed by atoms with E-state index >= 15 is 0 Å². The van der Waals surface area contributed by atoms with Crippen molar-refractivity contribution in [3.63, 3.8) is 0 Å². The number of aryl methyl sites for hydroxylation is 1. The fourth-order valence-electron chi connectivity index (χ4n) is 3.45. The monoisotopic (exact) mass is 329 g/mol. The van der Waals surface area contributed by atoms with Crippen LogP contribution < -0.4 is 0 Å². The van der Waals surface area contributed by atoms with E-state index in [-0.39, 0.29) is 0 Å². The largest absolute Gasteiger partial charge is 0.204 e. The number of allylic oxidation sites excluding steroid dienone is 4. The highest BCUT2D eigenvalue weighted by Crippen LogP contribution is 2.32. The summed E-state index contributed by atoms with van der Waals surface area (Å²) >= 11 is 0. The molecule has 128 valence electrons. The van der Waals surface area contributed by atoms with Gasteiger partial charge in [0.25, 0.3) is 0 Å². The minimum absolute atomic E-state index is 0.645. The lowest BCUT2D eigenvalue weighted by atomic mass is 9.79. The summed E-state index contributed by atoms with van der Waals surface area (Å²) in [6.45, 7) is 0. The first-order valence-electron chi connectivity index (χ1n) is 8.86. The van der Waals surface area contributed by atoms with E-state index in [9.17, 15) is 8.78 Å². The molecule has 2 rings (SSSR count). The highest BCUT2D eigenvalue weighted by atomic mass is 19.2. The van der Waals surface area contributed by atoms with Crippen molar-refractivity contribution in [1.82, 2.24) is 0 Å². The zero-order valence-corrected chi connectivity index (χ0v) is 14.1. The second-order valence-corrected chi connectivity index (χ2v) is 6.65. The minimum atomic E-state index is -0.771. The Labute approximate surface area is 143 Å². The van der Waals surface area contributed by atoms with Gasteiger partial charge >= 0.3 is 0 Å². The lowest BCUT2D eigenvalue weighted by Crippen LogP contribution is -2.13. The van der Waals surface area contributed by atoms with E-state index in [1.807, 2.05) is 12.1 Å². The Morgan fingerprint density at radius 2 is 1.83 bits per heavy atom. The predicted molar refractivity (Wildman–Crippen MR) is 93.3 cm³/mol. The maximum absolute atomic E-state index is 13.1. The van der Waals surface area contributed by atoms with Gasteiger partial charge in [0, 0.05) is 6.08 Å². The number of unbranched alkanes of at least 4 members (excludes halogenated alkanes) is 1. The maximum atomic E-state index is 13.1. The Morgan fingerprint density at radius 1 is 1.04 bits per heavy atom. The van der Waals surface area contributed by atoms with E-state index in [1.54, 1.807) is 12.1 Å². The second kappa shape index (κ2) is 10.0. The van der Waals surface area contributed by atoms with Crippen molar-refractivity contribution in [2.75, 3.05) is 0 Å². The first-order chi connectivity index (χ1) is 11.7. The lowest BCUT2D eigenvalue weighted by molar-refractivity contribution is 0.289. The van der Waals surface area contributed by atoms with Crippen molar-refractivity contribution in [1.29, 1.82) is 5.26 Å². The molecule has 0 N–H and O–H groups in total. The molecule has 24 heavy (non-hydrogen) atoms. The van der Waals surface area contributed by atoms with Gasteiger partial charge in [0.1, 0.15) is 0 Å². The molecule has 3 heteroatoms. The molecule has 1 fully saturated rings. The maximum Gasteiger partial charge on any atom is 0.159 e. The van der Waals surface area contributed by atoms with E-state index in [0.29, 0.717) is 5.92 Å². The van der Waals surface area contributed by atoms with Crippen molar-refractivity contribution in [2.24, 2.45) is 11.8 Å². The summed E-state index contributed by atoms with van der Waals surface area (Å²) in [5.41, 5.74) is 0.883. The van der Waals surface area contributed by atoms with E-state index in [1.165, 1.54) is 50.3 Å². The van der Waals surface area contributed by atoms with Crippen LogP contribution >= 0.6 is 0 Å². The SMILES string of the molecule is N#C/C=C/C=C/C1CCC(CCCCc2ccc(F)c(F)c2)CC1. The van der Waals surface area contributed by atoms with Crippen molar-refractivity contribution in [3.8, 4) is 6.07 Å². The third-order valence-corrected chi connectivity index (χ3v) is 4.87. The molecule has 0 atom stereocenters. The molecule has 1 aromatic carbocycles. The van der Waals surface area contributed by atoms with Gasteiger partial charge in [-0.05, 0) is 68.1 Å². The Balaban J connectivity index is 1.61. The standard InChI is InChI=1S/C21H25F2N/c22-20-14-13-19(16-21(20)23)8-4-3-7-18-11-9-17(10-12-18)6-2-1-5-15-24/h1-2,5-6,13-14,16-18H,3-4,7-12H2/b5-1+,6-2+. The summed E-state index contributed by atoms with van der Waals surface area (Å²) in [4.78, 5) is 0. The van der Waals surface area contributed by atoms with Crippen LogP contribution in [0.3, 0.4) is 0 Å². The molecular weight excluding hydrogens is 304 g/mol. The van der Waals surface area contributed by atoms with Crippen LogP contribution in [0, 0.1) is 34.8 Å². The van der Waals surface area contributed by atoms with Gasteiger partial charge in [-0.25, -0.2) is 8.78 Å². The van der Waals surface area contributed by atoms with Crippen molar-refractivity contribution < 1.29 is 8.78 Å². The van der Waals surface area contributed by atoms with Crippen molar-refractivity contribution in [3.05, 3.63) is 59.7 Å². The fraction of sp³-hybridized carbons (Fsp3) is 0.476.